The van der Waals surface area contributed by atoms with E-state index in [2.05, 4.69) is 5.32 Å². The molecule has 1 atom stereocenters. The molecule has 112 valence electrons. The molecule has 0 saturated carbocycles. The van der Waals surface area contributed by atoms with Crippen molar-refractivity contribution in [3.8, 4) is 5.75 Å². The van der Waals surface area contributed by atoms with Crippen molar-refractivity contribution in [2.24, 2.45) is 0 Å². The van der Waals surface area contributed by atoms with Crippen molar-refractivity contribution >= 4 is 17.6 Å². The van der Waals surface area contributed by atoms with Crippen molar-refractivity contribution in [1.29, 1.82) is 0 Å². The molecule has 21 heavy (non-hydrogen) atoms. The van der Waals surface area contributed by atoms with E-state index >= 15 is 0 Å². The molecule has 2 amide bonds. The van der Waals surface area contributed by atoms with Crippen LogP contribution < -0.4 is 5.32 Å². The minimum atomic E-state index is -0.414. The second kappa shape index (κ2) is 6.05. The summed E-state index contributed by atoms with van der Waals surface area (Å²) in [7, 11) is 0. The number of aromatic hydroxyl groups is 1. The van der Waals surface area contributed by atoms with Gasteiger partial charge in [0.05, 0.1) is 12.6 Å². The van der Waals surface area contributed by atoms with Crippen molar-refractivity contribution in [1.82, 2.24) is 10.2 Å². The number of phenolic OH excluding ortho intramolecular Hbond substituents is 1. The predicted molar refractivity (Wildman–Crippen MR) is 75.8 cm³/mol. The molecule has 6 heteroatoms. The van der Waals surface area contributed by atoms with Gasteiger partial charge in [0.25, 0.3) is 0 Å². The highest BCUT2D eigenvalue weighted by Crippen LogP contribution is 2.23. The summed E-state index contributed by atoms with van der Waals surface area (Å²) in [5.41, 5.74) is 1.02. The van der Waals surface area contributed by atoms with E-state index in [0.29, 0.717) is 17.5 Å². The quantitative estimate of drug-likeness (QED) is 0.633. The Hall–Kier alpha value is -2.21. The topological polar surface area (TPSA) is 86.7 Å². The average molecular weight is 290 g/mol. The van der Waals surface area contributed by atoms with Crippen molar-refractivity contribution in [3.05, 3.63) is 29.3 Å². The van der Waals surface area contributed by atoms with Crippen LogP contribution in [0.3, 0.4) is 0 Å². The third-order valence-corrected chi connectivity index (χ3v) is 3.60. The zero-order valence-electron chi connectivity index (χ0n) is 12.0. The fourth-order valence-electron chi connectivity index (χ4n) is 2.48. The molecular weight excluding hydrogens is 272 g/mol. The number of imide groups is 1. The minimum Gasteiger partial charge on any atom is -0.508 e. The van der Waals surface area contributed by atoms with Gasteiger partial charge >= 0.3 is 0 Å². The number of nitrogens with one attached hydrogen (secondary N) is 1. The highest BCUT2D eigenvalue weighted by atomic mass is 16.3. The second-order valence-corrected chi connectivity index (χ2v) is 5.14. The van der Waals surface area contributed by atoms with Crippen molar-refractivity contribution < 1.29 is 19.5 Å². The molecule has 1 aliphatic rings. The van der Waals surface area contributed by atoms with Crippen LogP contribution in [0, 0.1) is 0 Å². The van der Waals surface area contributed by atoms with E-state index in [4.69, 9.17) is 0 Å². The maximum Gasteiger partial charge on any atom is 0.243 e. The minimum absolute atomic E-state index is 0.0493. The third-order valence-electron chi connectivity index (χ3n) is 3.60. The summed E-state index contributed by atoms with van der Waals surface area (Å²) < 4.78 is 0. The molecule has 0 bridgehead atoms. The molecule has 1 aromatic rings. The van der Waals surface area contributed by atoms with E-state index in [9.17, 15) is 19.5 Å². The Morgan fingerprint density at radius 2 is 2.14 bits per heavy atom. The van der Waals surface area contributed by atoms with Gasteiger partial charge in [-0.25, -0.2) is 0 Å². The highest BCUT2D eigenvalue weighted by Gasteiger charge is 2.32. The van der Waals surface area contributed by atoms with Gasteiger partial charge in [0.15, 0.2) is 5.78 Å². The first-order chi connectivity index (χ1) is 9.92. The monoisotopic (exact) mass is 290 g/mol. The first-order valence-corrected chi connectivity index (χ1v) is 6.83. The molecule has 0 radical (unpaired) electrons. The lowest BCUT2D eigenvalue weighted by Gasteiger charge is -2.33. The lowest BCUT2D eigenvalue weighted by Crippen LogP contribution is -2.57. The summed E-state index contributed by atoms with van der Waals surface area (Å²) in [6.45, 7) is 3.64. The Morgan fingerprint density at radius 1 is 1.43 bits per heavy atom. The average Bonchev–Trinajstić information content (AvgIpc) is 2.40. The summed E-state index contributed by atoms with van der Waals surface area (Å²) in [6, 6.07) is 4.19. The number of rotatable bonds is 4. The number of ketones is 1. The van der Waals surface area contributed by atoms with Crippen molar-refractivity contribution in [2.45, 2.75) is 32.9 Å². The SMILES string of the molecule is CCC1C(=O)NC(=O)CN1Cc1cc(C(C)=O)ccc1O. The van der Waals surface area contributed by atoms with E-state index in [1.54, 1.807) is 17.0 Å². The van der Waals surface area contributed by atoms with Crippen LogP contribution in [0.1, 0.15) is 36.2 Å². The second-order valence-electron chi connectivity index (χ2n) is 5.14. The van der Waals surface area contributed by atoms with Gasteiger partial charge in [0, 0.05) is 17.7 Å². The summed E-state index contributed by atoms with van der Waals surface area (Å²) >= 11 is 0. The molecule has 0 spiro atoms. The number of carbonyl (C=O) groups excluding carboxylic acids is 3. The molecule has 0 aromatic heterocycles. The lowest BCUT2D eigenvalue weighted by molar-refractivity contribution is -0.140. The fraction of sp³-hybridized carbons (Fsp3) is 0.400. The third kappa shape index (κ3) is 3.28. The number of carbonyl (C=O) groups is 3. The van der Waals surface area contributed by atoms with Crippen molar-refractivity contribution in [3.63, 3.8) is 0 Å². The number of benzene rings is 1. The van der Waals surface area contributed by atoms with Crippen molar-refractivity contribution in [2.75, 3.05) is 6.54 Å². The molecule has 1 fully saturated rings. The molecule has 1 heterocycles. The van der Waals surface area contributed by atoms with Gasteiger partial charge in [-0.05, 0) is 31.5 Å². The molecule has 2 rings (SSSR count). The molecule has 0 aliphatic carbocycles. The van der Waals surface area contributed by atoms with Crippen LogP contribution in [0.15, 0.2) is 18.2 Å². The number of piperazine rings is 1. The van der Waals surface area contributed by atoms with E-state index in [1.165, 1.54) is 13.0 Å². The Morgan fingerprint density at radius 3 is 2.76 bits per heavy atom. The summed E-state index contributed by atoms with van der Waals surface area (Å²) in [5.74, 6) is -0.730. The number of phenols is 1. The van der Waals surface area contributed by atoms with Crippen LogP contribution in [0.2, 0.25) is 0 Å². The molecule has 2 N–H and O–H groups in total. The Bertz CT molecular complexity index is 597. The summed E-state index contributed by atoms with van der Waals surface area (Å²) in [6.07, 6.45) is 0.562. The zero-order valence-corrected chi connectivity index (χ0v) is 12.0. The molecule has 1 unspecified atom stereocenters. The van der Waals surface area contributed by atoms with Gasteiger partial charge in [-0.3, -0.25) is 24.6 Å². The zero-order chi connectivity index (χ0) is 15.6. The number of hydrogen-bond acceptors (Lipinski definition) is 5. The molecule has 1 aliphatic heterocycles. The number of amides is 2. The standard InChI is InChI=1S/C15H18N2O4/c1-3-12-15(21)16-14(20)8-17(12)7-11-6-10(9(2)18)4-5-13(11)19/h4-6,12,19H,3,7-8H2,1-2H3,(H,16,20,21). The summed E-state index contributed by atoms with van der Waals surface area (Å²) in [4.78, 5) is 36.4. The van der Waals surface area contributed by atoms with Gasteiger partial charge in [0.2, 0.25) is 11.8 Å². The Kier molecular flexibility index (Phi) is 4.37. The summed E-state index contributed by atoms with van der Waals surface area (Å²) in [5, 5.41) is 12.2. The van der Waals surface area contributed by atoms with Gasteiger partial charge < -0.3 is 5.11 Å². The fourth-order valence-corrected chi connectivity index (χ4v) is 2.48. The molecular formula is C15H18N2O4. The first kappa shape index (κ1) is 15.2. The Labute approximate surface area is 122 Å². The first-order valence-electron chi connectivity index (χ1n) is 6.83. The largest absolute Gasteiger partial charge is 0.508 e. The van der Waals surface area contributed by atoms with E-state index < -0.39 is 6.04 Å². The van der Waals surface area contributed by atoms with Gasteiger partial charge in [-0.2, -0.15) is 0 Å². The molecule has 1 aromatic carbocycles. The molecule has 6 nitrogen and oxygen atoms in total. The number of nitrogens with zero attached hydrogens (tertiary/aromatic N) is 1. The van der Waals surface area contributed by atoms with Crippen LogP contribution >= 0.6 is 0 Å². The molecule has 1 saturated heterocycles. The van der Waals surface area contributed by atoms with Gasteiger partial charge in [-0.15, -0.1) is 0 Å². The smallest absolute Gasteiger partial charge is 0.243 e. The highest BCUT2D eigenvalue weighted by molar-refractivity contribution is 6.01. The van der Waals surface area contributed by atoms with Crippen LogP contribution in [0.5, 0.6) is 5.75 Å². The van der Waals surface area contributed by atoms with E-state index in [-0.39, 0.29) is 36.4 Å². The predicted octanol–water partition coefficient (Wildman–Crippen LogP) is 0.832. The van der Waals surface area contributed by atoms with Crippen LogP contribution in [-0.2, 0) is 16.1 Å². The van der Waals surface area contributed by atoms with Gasteiger partial charge in [-0.1, -0.05) is 6.92 Å². The number of hydrogen-bond donors (Lipinski definition) is 2. The lowest BCUT2D eigenvalue weighted by atomic mass is 10.0. The van der Waals surface area contributed by atoms with E-state index in [1.807, 2.05) is 6.92 Å². The normalized spacial score (nSPS) is 19.4. The van der Waals surface area contributed by atoms with E-state index in [0.717, 1.165) is 0 Å². The maximum absolute atomic E-state index is 11.8. The van der Waals surface area contributed by atoms with Crippen LogP contribution in [0.4, 0.5) is 0 Å². The van der Waals surface area contributed by atoms with Crippen LogP contribution in [0.25, 0.3) is 0 Å². The maximum atomic E-state index is 11.8. The van der Waals surface area contributed by atoms with Gasteiger partial charge in [0.1, 0.15) is 5.75 Å². The van der Waals surface area contributed by atoms with Crippen LogP contribution in [-0.4, -0.2) is 40.2 Å². The Balaban J connectivity index is 2.27. The number of Topliss-reactive ketones (excluding diaryl/α,β-unsaturated/α-hetero) is 1.